The minimum atomic E-state index is -0.363. The number of nitrogens with two attached hydrogens (primary N) is 1. The summed E-state index contributed by atoms with van der Waals surface area (Å²) in [7, 11) is 0. The van der Waals surface area contributed by atoms with Gasteiger partial charge in [-0.05, 0) is 19.1 Å². The van der Waals surface area contributed by atoms with Crippen molar-refractivity contribution in [2.24, 2.45) is 0 Å². The first-order valence-electron chi connectivity index (χ1n) is 4.93. The Kier molecular flexibility index (Phi) is 5.14. The van der Waals surface area contributed by atoms with Gasteiger partial charge < -0.3 is 10.5 Å². The number of hydrogen-bond acceptors (Lipinski definition) is 3. The molecule has 1 aromatic rings. The van der Waals surface area contributed by atoms with Crippen molar-refractivity contribution < 1.29 is 9.53 Å². The van der Waals surface area contributed by atoms with Gasteiger partial charge in [0.05, 0.1) is 22.3 Å². The van der Waals surface area contributed by atoms with Crippen molar-refractivity contribution in [1.82, 2.24) is 0 Å². The van der Waals surface area contributed by atoms with E-state index in [1.54, 1.807) is 13.0 Å². The van der Waals surface area contributed by atoms with Gasteiger partial charge >= 0.3 is 5.97 Å². The summed E-state index contributed by atoms with van der Waals surface area (Å²) in [6, 6.07) is 3.09. The van der Waals surface area contributed by atoms with E-state index in [0.717, 1.165) is 0 Å². The molecule has 0 amide bonds. The Bertz CT molecular complexity index is 489. The number of carbonyl (C=O) groups is 1. The minimum Gasteiger partial charge on any atom is -0.465 e. The van der Waals surface area contributed by atoms with Gasteiger partial charge in [0.25, 0.3) is 0 Å². The first-order chi connectivity index (χ1) is 8.04. The molecule has 0 unspecified atom stereocenters. The molecule has 0 bridgehead atoms. The normalized spacial score (nSPS) is 9.35. The van der Waals surface area contributed by atoms with E-state index in [0.29, 0.717) is 27.9 Å². The van der Waals surface area contributed by atoms with Crippen LogP contribution in [0.15, 0.2) is 12.1 Å². The third-order valence-electron chi connectivity index (χ3n) is 1.85. The molecule has 0 aliphatic heterocycles. The van der Waals surface area contributed by atoms with E-state index in [-0.39, 0.29) is 12.4 Å². The summed E-state index contributed by atoms with van der Waals surface area (Å²) < 4.78 is 4.73. The van der Waals surface area contributed by atoms with Crippen LogP contribution in [0.5, 0.6) is 0 Å². The van der Waals surface area contributed by atoms with Crippen molar-refractivity contribution in [3.05, 3.63) is 27.7 Å². The highest BCUT2D eigenvalue weighted by Crippen LogP contribution is 2.26. The van der Waals surface area contributed by atoms with Crippen LogP contribution in [0.2, 0.25) is 10.0 Å². The monoisotopic (exact) mass is 271 g/mol. The van der Waals surface area contributed by atoms with Gasteiger partial charge in [-0.25, -0.2) is 0 Å². The molecule has 1 aromatic carbocycles. The summed E-state index contributed by atoms with van der Waals surface area (Å²) in [5.74, 6) is 5.05. The van der Waals surface area contributed by atoms with Crippen LogP contribution in [-0.2, 0) is 9.53 Å². The van der Waals surface area contributed by atoms with E-state index < -0.39 is 0 Å². The number of nitrogen functional groups attached to an aromatic ring is 1. The number of esters is 1. The van der Waals surface area contributed by atoms with Gasteiger partial charge in [-0.1, -0.05) is 35.0 Å². The van der Waals surface area contributed by atoms with Crippen molar-refractivity contribution >= 4 is 34.9 Å². The first-order valence-corrected chi connectivity index (χ1v) is 5.69. The second kappa shape index (κ2) is 6.39. The van der Waals surface area contributed by atoms with Crippen LogP contribution < -0.4 is 5.73 Å². The van der Waals surface area contributed by atoms with Crippen molar-refractivity contribution in [1.29, 1.82) is 0 Å². The summed E-state index contributed by atoms with van der Waals surface area (Å²) in [5.41, 5.74) is 6.50. The van der Waals surface area contributed by atoms with Gasteiger partial charge in [0.1, 0.15) is 6.42 Å². The molecule has 1 rings (SSSR count). The van der Waals surface area contributed by atoms with E-state index >= 15 is 0 Å². The summed E-state index contributed by atoms with van der Waals surface area (Å²) in [6.45, 7) is 2.08. The molecule has 0 saturated carbocycles. The van der Waals surface area contributed by atoms with Gasteiger partial charge in [0, 0.05) is 5.56 Å². The van der Waals surface area contributed by atoms with Crippen LogP contribution in [0, 0.1) is 11.8 Å². The lowest BCUT2D eigenvalue weighted by atomic mass is 10.2. The standard InChI is InChI=1S/C12H11Cl2NO2/c1-2-17-12(16)5-3-4-8-6-10(14)11(15)7-9(8)13/h6-7H,2,5,15H2,1H3. The van der Waals surface area contributed by atoms with Gasteiger partial charge in [-0.3, -0.25) is 4.79 Å². The first kappa shape index (κ1) is 13.7. The maximum absolute atomic E-state index is 11.0. The topological polar surface area (TPSA) is 52.3 Å². The van der Waals surface area contributed by atoms with Gasteiger partial charge in [0.15, 0.2) is 0 Å². The molecule has 2 N–H and O–H groups in total. The molecule has 0 fully saturated rings. The molecule has 5 heteroatoms. The number of carbonyl (C=O) groups excluding carboxylic acids is 1. The second-order valence-corrected chi connectivity index (χ2v) is 3.95. The zero-order valence-electron chi connectivity index (χ0n) is 9.22. The highest BCUT2D eigenvalue weighted by Gasteiger charge is 2.03. The predicted molar refractivity (Wildman–Crippen MR) is 69.0 cm³/mol. The Balaban J connectivity index is 2.79. The molecule has 17 heavy (non-hydrogen) atoms. The molecular weight excluding hydrogens is 261 g/mol. The van der Waals surface area contributed by atoms with E-state index in [1.807, 2.05) is 0 Å². The third kappa shape index (κ3) is 4.18. The third-order valence-corrected chi connectivity index (χ3v) is 2.49. The van der Waals surface area contributed by atoms with Crippen LogP contribution in [0.1, 0.15) is 18.9 Å². The molecular formula is C12H11Cl2NO2. The van der Waals surface area contributed by atoms with E-state index in [1.165, 1.54) is 6.07 Å². The largest absolute Gasteiger partial charge is 0.465 e. The number of anilines is 1. The molecule has 0 saturated heterocycles. The van der Waals surface area contributed by atoms with Crippen LogP contribution in [0.3, 0.4) is 0 Å². The summed E-state index contributed by atoms with van der Waals surface area (Å²) >= 11 is 11.8. The van der Waals surface area contributed by atoms with Gasteiger partial charge in [-0.15, -0.1) is 0 Å². The molecule has 0 heterocycles. The number of ether oxygens (including phenoxy) is 1. The Morgan fingerprint density at radius 1 is 1.41 bits per heavy atom. The highest BCUT2D eigenvalue weighted by molar-refractivity contribution is 6.35. The maximum Gasteiger partial charge on any atom is 0.317 e. The quantitative estimate of drug-likeness (QED) is 0.511. The molecule has 3 nitrogen and oxygen atoms in total. The zero-order chi connectivity index (χ0) is 12.8. The van der Waals surface area contributed by atoms with Gasteiger partial charge in [0.2, 0.25) is 0 Å². The molecule has 0 aliphatic rings. The van der Waals surface area contributed by atoms with Crippen molar-refractivity contribution in [3.63, 3.8) is 0 Å². The lowest BCUT2D eigenvalue weighted by Crippen LogP contribution is -2.01. The Hall–Kier alpha value is -1.37. The molecule has 0 spiro atoms. The fourth-order valence-corrected chi connectivity index (χ4v) is 1.46. The number of rotatable bonds is 2. The Labute approximate surface area is 110 Å². The zero-order valence-corrected chi connectivity index (χ0v) is 10.7. The highest BCUT2D eigenvalue weighted by atomic mass is 35.5. The van der Waals surface area contributed by atoms with Crippen molar-refractivity contribution in [2.75, 3.05) is 12.3 Å². The molecule has 0 aromatic heterocycles. The van der Waals surface area contributed by atoms with Crippen LogP contribution in [0.4, 0.5) is 5.69 Å². The average Bonchev–Trinajstić information content (AvgIpc) is 2.26. The van der Waals surface area contributed by atoms with Crippen LogP contribution >= 0.6 is 23.2 Å². The second-order valence-electron chi connectivity index (χ2n) is 3.14. The van der Waals surface area contributed by atoms with E-state index in [9.17, 15) is 4.79 Å². The van der Waals surface area contributed by atoms with E-state index in [2.05, 4.69) is 11.8 Å². The SMILES string of the molecule is CCOC(=O)CC#Cc1cc(Cl)c(N)cc1Cl. The predicted octanol–water partition coefficient (Wildman–Crippen LogP) is 2.88. The number of benzene rings is 1. The van der Waals surface area contributed by atoms with Crippen LogP contribution in [-0.4, -0.2) is 12.6 Å². The summed E-state index contributed by atoms with van der Waals surface area (Å²) in [4.78, 5) is 11.0. The summed E-state index contributed by atoms with van der Waals surface area (Å²) in [6.07, 6.45) is 0.0200. The number of hydrogen-bond donors (Lipinski definition) is 1. The average molecular weight is 272 g/mol. The van der Waals surface area contributed by atoms with Crippen LogP contribution in [0.25, 0.3) is 0 Å². The summed E-state index contributed by atoms with van der Waals surface area (Å²) in [5, 5.41) is 0.790. The number of halogens is 2. The molecule has 0 radical (unpaired) electrons. The van der Waals surface area contributed by atoms with E-state index in [4.69, 9.17) is 33.7 Å². The van der Waals surface area contributed by atoms with Gasteiger partial charge in [-0.2, -0.15) is 0 Å². The molecule has 0 atom stereocenters. The fraction of sp³-hybridized carbons (Fsp3) is 0.250. The molecule has 90 valence electrons. The maximum atomic E-state index is 11.0. The Morgan fingerprint density at radius 3 is 2.76 bits per heavy atom. The lowest BCUT2D eigenvalue weighted by molar-refractivity contribution is -0.141. The minimum absolute atomic E-state index is 0.0200. The molecule has 0 aliphatic carbocycles. The van der Waals surface area contributed by atoms with Crippen molar-refractivity contribution in [2.45, 2.75) is 13.3 Å². The Morgan fingerprint density at radius 2 is 2.12 bits per heavy atom. The lowest BCUT2D eigenvalue weighted by Gasteiger charge is -2.01. The van der Waals surface area contributed by atoms with Crippen molar-refractivity contribution in [3.8, 4) is 11.8 Å². The smallest absolute Gasteiger partial charge is 0.317 e. The fourth-order valence-electron chi connectivity index (χ4n) is 1.08.